The molecule has 2 aromatic rings. The SMILES string of the molecule is CCC(CC)NC(=O)COC(=O)c1sc(-c2ccccc2)nc1C. The first-order chi connectivity index (χ1) is 11.5. The van der Waals surface area contributed by atoms with Crippen molar-refractivity contribution in [3.63, 3.8) is 0 Å². The molecule has 0 aliphatic rings. The van der Waals surface area contributed by atoms with Crippen molar-refractivity contribution in [3.05, 3.63) is 40.9 Å². The molecule has 0 unspecified atom stereocenters. The van der Waals surface area contributed by atoms with Gasteiger partial charge in [-0.15, -0.1) is 11.3 Å². The van der Waals surface area contributed by atoms with Crippen molar-refractivity contribution in [2.75, 3.05) is 6.61 Å². The average molecular weight is 346 g/mol. The summed E-state index contributed by atoms with van der Waals surface area (Å²) in [5.74, 6) is -0.783. The summed E-state index contributed by atoms with van der Waals surface area (Å²) in [6.07, 6.45) is 1.70. The maximum absolute atomic E-state index is 12.2. The average Bonchev–Trinajstić information content (AvgIpc) is 3.00. The van der Waals surface area contributed by atoms with Crippen LogP contribution in [0.3, 0.4) is 0 Å². The van der Waals surface area contributed by atoms with Gasteiger partial charge in [0.25, 0.3) is 5.91 Å². The van der Waals surface area contributed by atoms with Gasteiger partial charge in [-0.1, -0.05) is 44.2 Å². The van der Waals surface area contributed by atoms with Crippen molar-refractivity contribution in [2.45, 2.75) is 39.7 Å². The van der Waals surface area contributed by atoms with E-state index in [0.717, 1.165) is 23.4 Å². The minimum absolute atomic E-state index is 0.117. The minimum Gasteiger partial charge on any atom is -0.451 e. The molecule has 1 aromatic heterocycles. The Morgan fingerprint density at radius 2 is 1.88 bits per heavy atom. The van der Waals surface area contributed by atoms with Gasteiger partial charge in [0.1, 0.15) is 9.88 Å². The lowest BCUT2D eigenvalue weighted by molar-refractivity contribution is -0.125. The Kier molecular flexibility index (Phi) is 6.49. The number of rotatable bonds is 7. The Hall–Kier alpha value is -2.21. The van der Waals surface area contributed by atoms with Crippen molar-refractivity contribution in [2.24, 2.45) is 0 Å². The summed E-state index contributed by atoms with van der Waals surface area (Å²) < 4.78 is 5.13. The number of ether oxygens (including phenoxy) is 1. The Morgan fingerprint density at radius 1 is 1.21 bits per heavy atom. The van der Waals surface area contributed by atoms with Gasteiger partial charge < -0.3 is 10.1 Å². The highest BCUT2D eigenvalue weighted by Crippen LogP contribution is 2.28. The predicted octanol–water partition coefficient (Wildman–Crippen LogP) is 3.58. The summed E-state index contributed by atoms with van der Waals surface area (Å²) in [4.78, 5) is 28.9. The number of aryl methyl sites for hydroxylation is 1. The first-order valence-corrected chi connectivity index (χ1v) is 8.86. The highest BCUT2D eigenvalue weighted by Gasteiger charge is 2.19. The van der Waals surface area contributed by atoms with Crippen LogP contribution in [-0.4, -0.2) is 29.5 Å². The molecule has 2 rings (SSSR count). The van der Waals surface area contributed by atoms with Crippen molar-refractivity contribution < 1.29 is 14.3 Å². The quantitative estimate of drug-likeness (QED) is 0.778. The lowest BCUT2D eigenvalue weighted by atomic mass is 10.2. The van der Waals surface area contributed by atoms with E-state index in [9.17, 15) is 9.59 Å². The fraction of sp³-hybridized carbons (Fsp3) is 0.389. The molecule has 0 saturated carbocycles. The van der Waals surface area contributed by atoms with Crippen molar-refractivity contribution in [3.8, 4) is 10.6 Å². The van der Waals surface area contributed by atoms with Crippen LogP contribution in [0.1, 0.15) is 42.1 Å². The molecule has 24 heavy (non-hydrogen) atoms. The topological polar surface area (TPSA) is 68.3 Å². The van der Waals surface area contributed by atoms with Gasteiger partial charge >= 0.3 is 5.97 Å². The van der Waals surface area contributed by atoms with Crippen molar-refractivity contribution in [1.82, 2.24) is 10.3 Å². The van der Waals surface area contributed by atoms with Gasteiger partial charge in [-0.2, -0.15) is 0 Å². The molecule has 0 atom stereocenters. The molecule has 0 fully saturated rings. The minimum atomic E-state index is -0.508. The number of hydrogen-bond acceptors (Lipinski definition) is 5. The van der Waals surface area contributed by atoms with Crippen LogP contribution in [0.4, 0.5) is 0 Å². The largest absolute Gasteiger partial charge is 0.451 e. The number of carbonyl (C=O) groups excluding carboxylic acids is 2. The molecule has 0 radical (unpaired) electrons. The van der Waals surface area contributed by atoms with E-state index in [2.05, 4.69) is 10.3 Å². The molecule has 1 N–H and O–H groups in total. The van der Waals surface area contributed by atoms with Gasteiger partial charge in [-0.05, 0) is 19.8 Å². The van der Waals surface area contributed by atoms with Crippen LogP contribution in [0.5, 0.6) is 0 Å². The predicted molar refractivity (Wildman–Crippen MR) is 95.1 cm³/mol. The van der Waals surface area contributed by atoms with Crippen LogP contribution in [0, 0.1) is 6.92 Å². The van der Waals surface area contributed by atoms with Gasteiger partial charge in [-0.25, -0.2) is 9.78 Å². The van der Waals surface area contributed by atoms with Gasteiger partial charge in [-0.3, -0.25) is 4.79 Å². The van der Waals surface area contributed by atoms with Crippen molar-refractivity contribution in [1.29, 1.82) is 0 Å². The van der Waals surface area contributed by atoms with E-state index >= 15 is 0 Å². The lowest BCUT2D eigenvalue weighted by Gasteiger charge is -2.14. The highest BCUT2D eigenvalue weighted by atomic mass is 32.1. The smallest absolute Gasteiger partial charge is 0.350 e. The second-order valence-electron chi connectivity index (χ2n) is 5.46. The normalized spacial score (nSPS) is 10.7. The van der Waals surface area contributed by atoms with E-state index in [4.69, 9.17) is 4.74 Å². The zero-order chi connectivity index (χ0) is 17.5. The Labute approximate surface area is 146 Å². The van der Waals surface area contributed by atoms with Crippen LogP contribution in [0.2, 0.25) is 0 Å². The Bertz CT molecular complexity index is 694. The maximum Gasteiger partial charge on any atom is 0.350 e. The van der Waals surface area contributed by atoms with Gasteiger partial charge in [0, 0.05) is 11.6 Å². The number of esters is 1. The first-order valence-electron chi connectivity index (χ1n) is 8.04. The summed E-state index contributed by atoms with van der Waals surface area (Å²) in [6, 6.07) is 9.77. The number of nitrogens with one attached hydrogen (secondary N) is 1. The standard InChI is InChI=1S/C18H22N2O3S/c1-4-14(5-2)20-15(21)11-23-18(22)16-12(3)19-17(24-16)13-9-7-6-8-10-13/h6-10,14H,4-5,11H2,1-3H3,(H,20,21). The van der Waals surface area contributed by atoms with Crippen molar-refractivity contribution >= 4 is 23.2 Å². The number of aromatic nitrogens is 1. The molecule has 1 heterocycles. The van der Waals surface area contributed by atoms with E-state index in [1.807, 2.05) is 44.2 Å². The molecular formula is C18H22N2O3S. The van der Waals surface area contributed by atoms with E-state index < -0.39 is 5.97 Å². The summed E-state index contributed by atoms with van der Waals surface area (Å²) in [5.41, 5.74) is 1.57. The fourth-order valence-electron chi connectivity index (χ4n) is 2.25. The Morgan fingerprint density at radius 3 is 2.50 bits per heavy atom. The lowest BCUT2D eigenvalue weighted by Crippen LogP contribution is -2.36. The number of hydrogen-bond donors (Lipinski definition) is 1. The summed E-state index contributed by atoms with van der Waals surface area (Å²) in [7, 11) is 0. The zero-order valence-electron chi connectivity index (χ0n) is 14.2. The summed E-state index contributed by atoms with van der Waals surface area (Å²) in [5, 5.41) is 3.61. The van der Waals surface area contributed by atoms with E-state index in [-0.39, 0.29) is 18.6 Å². The van der Waals surface area contributed by atoms with E-state index in [1.54, 1.807) is 6.92 Å². The van der Waals surface area contributed by atoms with Gasteiger partial charge in [0.2, 0.25) is 0 Å². The molecule has 128 valence electrons. The zero-order valence-corrected chi connectivity index (χ0v) is 15.0. The second kappa shape index (κ2) is 8.59. The number of carbonyl (C=O) groups is 2. The maximum atomic E-state index is 12.2. The molecule has 0 bridgehead atoms. The molecule has 0 spiro atoms. The second-order valence-corrected chi connectivity index (χ2v) is 6.46. The van der Waals surface area contributed by atoms with Crippen LogP contribution >= 0.6 is 11.3 Å². The highest BCUT2D eigenvalue weighted by molar-refractivity contribution is 7.17. The van der Waals surface area contributed by atoms with Crippen LogP contribution in [-0.2, 0) is 9.53 Å². The summed E-state index contributed by atoms with van der Waals surface area (Å²) >= 11 is 1.28. The molecule has 5 nitrogen and oxygen atoms in total. The molecule has 1 amide bonds. The third-order valence-electron chi connectivity index (χ3n) is 3.69. The number of thiazole rings is 1. The van der Waals surface area contributed by atoms with Gasteiger partial charge in [0.15, 0.2) is 6.61 Å². The molecule has 0 aliphatic heterocycles. The van der Waals surface area contributed by atoms with E-state index in [1.165, 1.54) is 11.3 Å². The van der Waals surface area contributed by atoms with Gasteiger partial charge in [0.05, 0.1) is 5.69 Å². The van der Waals surface area contributed by atoms with Crippen LogP contribution in [0.15, 0.2) is 30.3 Å². The summed E-state index contributed by atoms with van der Waals surface area (Å²) in [6.45, 7) is 5.51. The van der Waals surface area contributed by atoms with Crippen LogP contribution in [0.25, 0.3) is 10.6 Å². The fourth-order valence-corrected chi connectivity index (χ4v) is 3.21. The monoisotopic (exact) mass is 346 g/mol. The number of nitrogens with zero attached hydrogens (tertiary/aromatic N) is 1. The molecule has 0 aliphatic carbocycles. The molecule has 0 saturated heterocycles. The molecule has 6 heteroatoms. The number of benzene rings is 1. The Balaban J connectivity index is 1.98. The molecule has 1 aromatic carbocycles. The van der Waals surface area contributed by atoms with E-state index in [0.29, 0.717) is 10.6 Å². The molecular weight excluding hydrogens is 324 g/mol. The van der Waals surface area contributed by atoms with Crippen LogP contribution < -0.4 is 5.32 Å². The number of amides is 1. The third-order valence-corrected chi connectivity index (χ3v) is 4.87. The third kappa shape index (κ3) is 4.64. The first kappa shape index (κ1) is 18.1.